The maximum absolute atomic E-state index is 12.9. The van der Waals surface area contributed by atoms with Crippen LogP contribution in [0.4, 0.5) is 13.2 Å². The average molecular weight is 475 g/mol. The molecule has 0 atom stereocenters. The second-order valence-corrected chi connectivity index (χ2v) is 9.13. The number of carbonyl (C=O) groups is 2. The summed E-state index contributed by atoms with van der Waals surface area (Å²) in [4.78, 5) is 25.5. The predicted molar refractivity (Wildman–Crippen MR) is 104 cm³/mol. The summed E-state index contributed by atoms with van der Waals surface area (Å²) in [6.45, 7) is -0.865. The molecule has 2 aromatic rings. The number of aromatic nitrogens is 3. The summed E-state index contributed by atoms with van der Waals surface area (Å²) in [6, 6.07) is 6.33. The van der Waals surface area contributed by atoms with E-state index < -0.39 is 45.9 Å². The van der Waals surface area contributed by atoms with Crippen molar-refractivity contribution in [2.75, 3.05) is 26.0 Å². The van der Waals surface area contributed by atoms with Gasteiger partial charge in [-0.3, -0.25) is 9.59 Å². The molecular formula is C18H20F3N5O5S. The molecule has 0 fully saturated rings. The predicted octanol–water partition coefficient (Wildman–Crippen LogP) is 0.379. The lowest BCUT2D eigenvalue weighted by molar-refractivity contribution is -0.148. The van der Waals surface area contributed by atoms with Gasteiger partial charge in [-0.05, 0) is 17.7 Å². The number of alkyl halides is 3. The molecule has 1 aliphatic rings. The summed E-state index contributed by atoms with van der Waals surface area (Å²) in [5.41, 5.74) is 0.477. The third-order valence-corrected chi connectivity index (χ3v) is 6.17. The van der Waals surface area contributed by atoms with Crippen LogP contribution in [0, 0.1) is 0 Å². The van der Waals surface area contributed by atoms with Crippen molar-refractivity contribution in [1.29, 1.82) is 0 Å². The molecule has 0 unspecified atom stereocenters. The van der Waals surface area contributed by atoms with E-state index in [1.165, 1.54) is 12.0 Å². The number of amides is 2. The first-order valence-corrected chi connectivity index (χ1v) is 11.2. The third kappa shape index (κ3) is 5.75. The first-order valence-electron chi connectivity index (χ1n) is 9.35. The van der Waals surface area contributed by atoms with Gasteiger partial charge in [0.15, 0.2) is 15.7 Å². The summed E-state index contributed by atoms with van der Waals surface area (Å²) in [7, 11) is -2.31. The van der Waals surface area contributed by atoms with E-state index in [4.69, 9.17) is 4.74 Å². The molecule has 0 spiro atoms. The highest BCUT2D eigenvalue weighted by Crippen LogP contribution is 2.29. The minimum atomic E-state index is -4.65. The Morgan fingerprint density at radius 3 is 2.47 bits per heavy atom. The van der Waals surface area contributed by atoms with E-state index in [2.05, 4.69) is 15.5 Å². The molecule has 0 bridgehead atoms. The zero-order chi connectivity index (χ0) is 23.5. The Morgan fingerprint density at radius 1 is 1.16 bits per heavy atom. The normalized spacial score (nSPS) is 14.1. The second-order valence-electron chi connectivity index (χ2n) is 7.06. The maximum Gasteiger partial charge on any atom is 0.451 e. The van der Waals surface area contributed by atoms with Gasteiger partial charge in [0.2, 0.25) is 17.6 Å². The molecular weight excluding hydrogens is 455 g/mol. The fourth-order valence-electron chi connectivity index (χ4n) is 3.14. The van der Waals surface area contributed by atoms with E-state index in [1.807, 2.05) is 0 Å². The largest absolute Gasteiger partial charge is 0.497 e. The molecule has 2 amide bonds. The van der Waals surface area contributed by atoms with Gasteiger partial charge in [-0.2, -0.15) is 13.2 Å². The number of carbonyl (C=O) groups excluding carboxylic acids is 2. The van der Waals surface area contributed by atoms with Gasteiger partial charge in [0.1, 0.15) is 11.5 Å². The van der Waals surface area contributed by atoms with Crippen LogP contribution in [0.15, 0.2) is 24.3 Å². The highest BCUT2D eigenvalue weighted by atomic mass is 32.2. The minimum absolute atomic E-state index is 0.0229. The lowest BCUT2D eigenvalue weighted by atomic mass is 10.2. The van der Waals surface area contributed by atoms with E-state index in [9.17, 15) is 31.2 Å². The summed E-state index contributed by atoms with van der Waals surface area (Å²) in [6.07, 6.45) is -4.65. The van der Waals surface area contributed by atoms with Gasteiger partial charge in [-0.25, -0.2) is 8.42 Å². The summed E-state index contributed by atoms with van der Waals surface area (Å²) >= 11 is 0. The molecule has 3 rings (SSSR count). The van der Waals surface area contributed by atoms with E-state index in [-0.39, 0.29) is 31.2 Å². The molecule has 2 heterocycles. The van der Waals surface area contributed by atoms with Crippen LogP contribution in [-0.2, 0) is 44.4 Å². The number of nitrogens with zero attached hydrogens (tertiary/aromatic N) is 4. The maximum atomic E-state index is 12.9. The number of methoxy groups -OCH3 is 1. The second kappa shape index (κ2) is 9.14. The average Bonchev–Trinajstić information content (AvgIpc) is 3.15. The number of nitrogens with one attached hydrogen (secondary N) is 1. The highest BCUT2D eigenvalue weighted by Gasteiger charge is 2.39. The molecule has 1 aromatic carbocycles. The summed E-state index contributed by atoms with van der Waals surface area (Å²) < 4.78 is 69.0. The molecule has 0 aliphatic carbocycles. The Hall–Kier alpha value is -3.16. The molecule has 1 aromatic heterocycles. The van der Waals surface area contributed by atoms with Gasteiger partial charge in [0.05, 0.1) is 26.0 Å². The molecule has 174 valence electrons. The first kappa shape index (κ1) is 23.5. The van der Waals surface area contributed by atoms with E-state index in [0.29, 0.717) is 11.3 Å². The molecule has 14 heteroatoms. The Morgan fingerprint density at radius 2 is 1.84 bits per heavy atom. The molecule has 10 nitrogen and oxygen atoms in total. The molecule has 32 heavy (non-hydrogen) atoms. The van der Waals surface area contributed by atoms with E-state index >= 15 is 0 Å². The van der Waals surface area contributed by atoms with Crippen molar-refractivity contribution in [3.05, 3.63) is 41.5 Å². The number of halogens is 3. The lowest BCUT2D eigenvalue weighted by Crippen LogP contribution is -2.45. The van der Waals surface area contributed by atoms with Crippen LogP contribution in [0.2, 0.25) is 0 Å². The fourth-order valence-corrected chi connectivity index (χ4v) is 4.45. The van der Waals surface area contributed by atoms with Crippen LogP contribution in [0.25, 0.3) is 0 Å². The van der Waals surface area contributed by atoms with Crippen molar-refractivity contribution >= 4 is 21.7 Å². The van der Waals surface area contributed by atoms with Crippen LogP contribution in [0.5, 0.6) is 5.75 Å². The first-order chi connectivity index (χ1) is 15.0. The Labute approximate surface area is 181 Å². The molecule has 0 radical (unpaired) electrons. The van der Waals surface area contributed by atoms with Crippen LogP contribution < -0.4 is 10.1 Å². The minimum Gasteiger partial charge on any atom is -0.497 e. The number of hydrogen-bond acceptors (Lipinski definition) is 7. The zero-order valence-electron chi connectivity index (χ0n) is 16.9. The standard InChI is InChI=1S/C18H20F3N5O5S/c1-31-13-4-2-12(3-5-13)10-32(29,30)11-15(27)22-8-16(28)25-6-7-26-14(9-25)23-24-17(26)18(19,20)21/h2-5H,6-11H2,1H3,(H,22,27). The van der Waals surface area contributed by atoms with Gasteiger partial charge in [0, 0.05) is 13.1 Å². The number of ether oxygens (including phenoxy) is 1. The van der Waals surface area contributed by atoms with Gasteiger partial charge in [-0.15, -0.1) is 10.2 Å². The van der Waals surface area contributed by atoms with Crippen LogP contribution in [-0.4, -0.2) is 65.8 Å². The fraction of sp³-hybridized carbons (Fsp3) is 0.444. The van der Waals surface area contributed by atoms with E-state index in [0.717, 1.165) is 4.57 Å². The van der Waals surface area contributed by atoms with Crippen molar-refractivity contribution in [3.8, 4) is 5.75 Å². The van der Waals surface area contributed by atoms with Gasteiger partial charge >= 0.3 is 6.18 Å². The van der Waals surface area contributed by atoms with Crippen LogP contribution >= 0.6 is 0 Å². The number of sulfone groups is 1. The van der Waals surface area contributed by atoms with Crippen molar-refractivity contribution in [2.24, 2.45) is 0 Å². The Balaban J connectivity index is 1.50. The summed E-state index contributed by atoms with van der Waals surface area (Å²) in [5, 5.41) is 8.84. The lowest BCUT2D eigenvalue weighted by Gasteiger charge is -2.28. The Kier molecular flexibility index (Phi) is 6.71. The van der Waals surface area contributed by atoms with Crippen molar-refractivity contribution in [3.63, 3.8) is 0 Å². The van der Waals surface area contributed by atoms with Crippen molar-refractivity contribution < 1.29 is 35.9 Å². The van der Waals surface area contributed by atoms with Crippen LogP contribution in [0.3, 0.4) is 0 Å². The number of hydrogen-bond donors (Lipinski definition) is 1. The number of fused-ring (bicyclic) bond motifs is 1. The van der Waals surface area contributed by atoms with Gasteiger partial charge < -0.3 is 19.5 Å². The molecule has 1 N–H and O–H groups in total. The van der Waals surface area contributed by atoms with E-state index in [1.54, 1.807) is 24.3 Å². The van der Waals surface area contributed by atoms with Crippen LogP contribution in [0.1, 0.15) is 17.2 Å². The summed E-state index contributed by atoms with van der Waals surface area (Å²) in [5.74, 6) is -3.19. The molecule has 0 saturated heterocycles. The highest BCUT2D eigenvalue weighted by molar-refractivity contribution is 7.91. The van der Waals surface area contributed by atoms with Crippen molar-refractivity contribution in [1.82, 2.24) is 25.0 Å². The monoisotopic (exact) mass is 475 g/mol. The quantitative estimate of drug-likeness (QED) is 0.614. The van der Waals surface area contributed by atoms with Gasteiger partial charge in [0.25, 0.3) is 0 Å². The number of benzene rings is 1. The Bertz CT molecular complexity index is 1100. The topological polar surface area (TPSA) is 123 Å². The van der Waals surface area contributed by atoms with Crippen molar-refractivity contribution in [2.45, 2.75) is 25.0 Å². The zero-order valence-corrected chi connectivity index (χ0v) is 17.7. The smallest absolute Gasteiger partial charge is 0.451 e. The number of rotatable bonds is 7. The third-order valence-electron chi connectivity index (χ3n) is 4.69. The SMILES string of the molecule is COc1ccc(CS(=O)(=O)CC(=O)NCC(=O)N2CCn3c(nnc3C(F)(F)F)C2)cc1. The molecule has 1 aliphatic heterocycles. The molecule has 0 saturated carbocycles. The van der Waals surface area contributed by atoms with Gasteiger partial charge in [-0.1, -0.05) is 12.1 Å².